The normalized spacial score (nSPS) is 19.2. The van der Waals surface area contributed by atoms with Crippen LogP contribution in [-0.2, 0) is 11.2 Å². The van der Waals surface area contributed by atoms with Crippen molar-refractivity contribution in [3.8, 4) is 0 Å². The van der Waals surface area contributed by atoms with Crippen LogP contribution in [0.25, 0.3) is 0 Å². The molecule has 4 rings (SSSR count). The SMILES string of the molecule is CN1C(=O)C(C)(C)CN(C2CCCC2)c2nc(NCCc3ccccc3)ncc21. The van der Waals surface area contributed by atoms with Crippen LogP contribution in [0, 0.1) is 5.41 Å². The minimum atomic E-state index is -0.459. The molecule has 1 aliphatic heterocycles. The Morgan fingerprint density at radius 1 is 1.17 bits per heavy atom. The van der Waals surface area contributed by atoms with Gasteiger partial charge in [0.1, 0.15) is 5.69 Å². The molecular weight excluding hydrogens is 362 g/mol. The monoisotopic (exact) mass is 393 g/mol. The van der Waals surface area contributed by atoms with Gasteiger partial charge in [-0.05, 0) is 38.7 Å². The van der Waals surface area contributed by atoms with E-state index in [-0.39, 0.29) is 5.91 Å². The fourth-order valence-corrected chi connectivity index (χ4v) is 4.51. The standard InChI is InChI=1S/C23H31N5O/c1-23(2)16-28(18-11-7-8-12-18)20-19(27(3)21(23)29)15-25-22(26-20)24-14-13-17-9-5-4-6-10-17/h4-6,9-10,15,18H,7-8,11-14,16H2,1-3H3,(H,24,25,26). The summed E-state index contributed by atoms with van der Waals surface area (Å²) in [5, 5.41) is 3.37. The second kappa shape index (κ2) is 8.01. The van der Waals surface area contributed by atoms with Crippen LogP contribution in [0.4, 0.5) is 17.5 Å². The van der Waals surface area contributed by atoms with Gasteiger partial charge in [-0.2, -0.15) is 4.98 Å². The van der Waals surface area contributed by atoms with Gasteiger partial charge in [0.2, 0.25) is 11.9 Å². The third-order valence-electron chi connectivity index (χ3n) is 6.14. The molecule has 0 unspecified atom stereocenters. The predicted molar refractivity (Wildman–Crippen MR) is 117 cm³/mol. The Morgan fingerprint density at radius 2 is 1.90 bits per heavy atom. The topological polar surface area (TPSA) is 61.4 Å². The van der Waals surface area contributed by atoms with Crippen LogP contribution in [-0.4, -0.2) is 42.1 Å². The highest BCUT2D eigenvalue weighted by Gasteiger charge is 2.41. The highest BCUT2D eigenvalue weighted by molar-refractivity contribution is 6.00. The highest BCUT2D eigenvalue weighted by atomic mass is 16.2. The fraction of sp³-hybridized carbons (Fsp3) is 0.522. The molecule has 29 heavy (non-hydrogen) atoms. The van der Waals surface area contributed by atoms with E-state index in [1.165, 1.54) is 18.4 Å². The van der Waals surface area contributed by atoms with Gasteiger partial charge in [-0.3, -0.25) is 4.79 Å². The number of nitrogens with one attached hydrogen (secondary N) is 1. The molecule has 6 nitrogen and oxygen atoms in total. The molecule has 2 aromatic rings. The summed E-state index contributed by atoms with van der Waals surface area (Å²) in [7, 11) is 1.84. The summed E-state index contributed by atoms with van der Waals surface area (Å²) in [4.78, 5) is 26.5. The number of hydrogen-bond acceptors (Lipinski definition) is 5. The lowest BCUT2D eigenvalue weighted by Gasteiger charge is -2.34. The molecule has 1 aromatic carbocycles. The summed E-state index contributed by atoms with van der Waals surface area (Å²) in [6.45, 7) is 5.53. The number of hydrogen-bond donors (Lipinski definition) is 1. The van der Waals surface area contributed by atoms with Gasteiger partial charge in [-0.1, -0.05) is 43.2 Å². The van der Waals surface area contributed by atoms with Crippen molar-refractivity contribution in [1.29, 1.82) is 0 Å². The van der Waals surface area contributed by atoms with Crippen molar-refractivity contribution in [2.45, 2.75) is 52.0 Å². The van der Waals surface area contributed by atoms with Gasteiger partial charge in [-0.25, -0.2) is 4.98 Å². The van der Waals surface area contributed by atoms with Crippen molar-refractivity contribution >= 4 is 23.4 Å². The van der Waals surface area contributed by atoms with Crippen LogP contribution >= 0.6 is 0 Å². The number of nitrogens with zero attached hydrogens (tertiary/aromatic N) is 4. The van der Waals surface area contributed by atoms with Crippen molar-refractivity contribution in [2.75, 3.05) is 35.3 Å². The quantitative estimate of drug-likeness (QED) is 0.835. The molecule has 0 saturated heterocycles. The van der Waals surface area contributed by atoms with Crippen LogP contribution in [0.3, 0.4) is 0 Å². The van der Waals surface area contributed by atoms with Gasteiger partial charge < -0.3 is 15.1 Å². The van der Waals surface area contributed by atoms with E-state index < -0.39 is 5.41 Å². The molecule has 1 aliphatic carbocycles. The number of carbonyl (C=O) groups excluding carboxylic acids is 1. The Bertz CT molecular complexity index is 861. The number of rotatable bonds is 5. The molecule has 1 fully saturated rings. The molecule has 154 valence electrons. The molecule has 0 bridgehead atoms. The summed E-state index contributed by atoms with van der Waals surface area (Å²) in [6.07, 6.45) is 7.53. The third-order valence-corrected chi connectivity index (χ3v) is 6.14. The third kappa shape index (κ3) is 4.07. The van der Waals surface area contributed by atoms with Crippen LogP contribution in [0.5, 0.6) is 0 Å². The summed E-state index contributed by atoms with van der Waals surface area (Å²) < 4.78 is 0. The minimum Gasteiger partial charge on any atom is -0.354 e. The largest absolute Gasteiger partial charge is 0.354 e. The Kier molecular flexibility index (Phi) is 5.43. The van der Waals surface area contributed by atoms with Crippen molar-refractivity contribution in [3.05, 3.63) is 42.1 Å². The molecule has 0 spiro atoms. The summed E-state index contributed by atoms with van der Waals surface area (Å²) >= 11 is 0. The molecule has 0 radical (unpaired) electrons. The summed E-state index contributed by atoms with van der Waals surface area (Å²) in [5.74, 6) is 1.63. The second-order valence-electron chi connectivity index (χ2n) is 8.88. The number of amides is 1. The van der Waals surface area contributed by atoms with Gasteiger partial charge in [0.25, 0.3) is 0 Å². The molecular formula is C23H31N5O. The van der Waals surface area contributed by atoms with Crippen LogP contribution in [0.15, 0.2) is 36.5 Å². The number of anilines is 3. The number of carbonyl (C=O) groups is 1. The zero-order valence-electron chi connectivity index (χ0n) is 17.7. The lowest BCUT2D eigenvalue weighted by molar-refractivity contribution is -0.125. The molecule has 1 amide bonds. The van der Waals surface area contributed by atoms with Crippen molar-refractivity contribution in [2.24, 2.45) is 5.41 Å². The van der Waals surface area contributed by atoms with E-state index in [9.17, 15) is 4.79 Å². The van der Waals surface area contributed by atoms with E-state index in [1.807, 2.05) is 27.0 Å². The smallest absolute Gasteiger partial charge is 0.234 e. The first-order valence-electron chi connectivity index (χ1n) is 10.7. The van der Waals surface area contributed by atoms with Gasteiger partial charge in [0.15, 0.2) is 5.82 Å². The lowest BCUT2D eigenvalue weighted by Crippen LogP contribution is -2.45. The Morgan fingerprint density at radius 3 is 2.62 bits per heavy atom. The maximum atomic E-state index is 13.0. The van der Waals surface area contributed by atoms with E-state index in [2.05, 4.69) is 39.5 Å². The van der Waals surface area contributed by atoms with E-state index in [4.69, 9.17) is 4.98 Å². The average Bonchev–Trinajstić information content (AvgIpc) is 3.24. The molecule has 1 aromatic heterocycles. The maximum Gasteiger partial charge on any atom is 0.234 e. The fourth-order valence-electron chi connectivity index (χ4n) is 4.51. The Labute approximate surface area is 173 Å². The molecule has 2 heterocycles. The summed E-state index contributed by atoms with van der Waals surface area (Å²) in [6, 6.07) is 10.8. The predicted octanol–water partition coefficient (Wildman–Crippen LogP) is 3.88. The van der Waals surface area contributed by atoms with Crippen molar-refractivity contribution < 1.29 is 4.79 Å². The lowest BCUT2D eigenvalue weighted by atomic mass is 9.91. The molecule has 1 N–H and O–H groups in total. The highest BCUT2D eigenvalue weighted by Crippen LogP contribution is 2.40. The first kappa shape index (κ1) is 19.7. The Balaban J connectivity index is 1.60. The van der Waals surface area contributed by atoms with Crippen LogP contribution in [0.1, 0.15) is 45.1 Å². The van der Waals surface area contributed by atoms with E-state index in [0.717, 1.165) is 37.3 Å². The first-order chi connectivity index (χ1) is 14.0. The number of fused-ring (bicyclic) bond motifs is 1. The zero-order chi connectivity index (χ0) is 20.4. The van der Waals surface area contributed by atoms with E-state index in [1.54, 1.807) is 11.1 Å². The maximum absolute atomic E-state index is 13.0. The van der Waals surface area contributed by atoms with Gasteiger partial charge in [-0.15, -0.1) is 0 Å². The molecule has 0 atom stereocenters. The van der Waals surface area contributed by atoms with Crippen molar-refractivity contribution in [3.63, 3.8) is 0 Å². The molecule has 6 heteroatoms. The van der Waals surface area contributed by atoms with Crippen LogP contribution in [0.2, 0.25) is 0 Å². The number of benzene rings is 1. The van der Waals surface area contributed by atoms with E-state index >= 15 is 0 Å². The average molecular weight is 394 g/mol. The van der Waals surface area contributed by atoms with E-state index in [0.29, 0.717) is 18.5 Å². The zero-order valence-corrected chi connectivity index (χ0v) is 17.7. The minimum absolute atomic E-state index is 0.118. The number of aromatic nitrogens is 2. The summed E-state index contributed by atoms with van der Waals surface area (Å²) in [5.41, 5.74) is 1.63. The van der Waals surface area contributed by atoms with Gasteiger partial charge >= 0.3 is 0 Å². The van der Waals surface area contributed by atoms with Crippen LogP contribution < -0.4 is 15.1 Å². The first-order valence-corrected chi connectivity index (χ1v) is 10.7. The second-order valence-corrected chi connectivity index (χ2v) is 8.88. The van der Waals surface area contributed by atoms with Gasteiger partial charge in [0, 0.05) is 26.2 Å². The Hall–Kier alpha value is -2.63. The van der Waals surface area contributed by atoms with Crippen molar-refractivity contribution in [1.82, 2.24) is 9.97 Å². The molecule has 2 aliphatic rings. The molecule has 1 saturated carbocycles. The van der Waals surface area contributed by atoms with Gasteiger partial charge in [0.05, 0.1) is 11.6 Å².